The molecule has 2 aromatic rings. The number of halogens is 1. The van der Waals surface area contributed by atoms with Gasteiger partial charge in [0.15, 0.2) is 11.6 Å². The first-order chi connectivity index (χ1) is 11.6. The number of nitrogens with zero attached hydrogens (tertiary/aromatic N) is 2. The molecule has 126 valence electrons. The van der Waals surface area contributed by atoms with E-state index in [1.54, 1.807) is 31.4 Å². The van der Waals surface area contributed by atoms with Crippen molar-refractivity contribution in [3.63, 3.8) is 0 Å². The van der Waals surface area contributed by atoms with Crippen LogP contribution in [0.4, 0.5) is 10.2 Å². The average Bonchev–Trinajstić information content (AvgIpc) is 3.39. The Kier molecular flexibility index (Phi) is 4.64. The second-order valence-electron chi connectivity index (χ2n) is 5.98. The number of anilines is 1. The molecule has 5 nitrogen and oxygen atoms in total. The van der Waals surface area contributed by atoms with E-state index in [1.807, 2.05) is 6.07 Å². The van der Waals surface area contributed by atoms with Crippen LogP contribution >= 0.6 is 0 Å². The Morgan fingerprint density at radius 3 is 2.75 bits per heavy atom. The number of pyridine rings is 1. The van der Waals surface area contributed by atoms with E-state index in [-0.39, 0.29) is 11.7 Å². The second-order valence-corrected chi connectivity index (χ2v) is 5.98. The van der Waals surface area contributed by atoms with Crippen LogP contribution in [0.5, 0.6) is 5.75 Å². The maximum Gasteiger partial charge on any atom is 0.255 e. The van der Waals surface area contributed by atoms with Gasteiger partial charge in [0.05, 0.1) is 12.7 Å². The van der Waals surface area contributed by atoms with Crippen LogP contribution < -0.4 is 10.1 Å². The number of carbonyl (C=O) groups is 1. The quantitative estimate of drug-likeness (QED) is 0.885. The Morgan fingerprint density at radius 2 is 2.17 bits per heavy atom. The number of carbonyl (C=O) groups excluding carboxylic acids is 1. The maximum atomic E-state index is 13.7. The summed E-state index contributed by atoms with van der Waals surface area (Å²) in [6.45, 7) is 0.307. The Bertz CT molecular complexity index is 730. The summed E-state index contributed by atoms with van der Waals surface area (Å²) in [5, 5.41) is 3.28. The number of hydrogen-bond acceptors (Lipinski definition) is 4. The molecule has 0 saturated heterocycles. The van der Waals surface area contributed by atoms with Crippen molar-refractivity contribution in [1.82, 2.24) is 9.88 Å². The zero-order valence-electron chi connectivity index (χ0n) is 13.8. The van der Waals surface area contributed by atoms with Crippen LogP contribution in [-0.4, -0.2) is 36.0 Å². The van der Waals surface area contributed by atoms with Crippen LogP contribution in [0.3, 0.4) is 0 Å². The average molecular weight is 329 g/mol. The lowest BCUT2D eigenvalue weighted by molar-refractivity contribution is 0.0784. The van der Waals surface area contributed by atoms with E-state index >= 15 is 0 Å². The molecule has 6 heteroatoms. The lowest BCUT2D eigenvalue weighted by Crippen LogP contribution is -2.26. The lowest BCUT2D eigenvalue weighted by Gasteiger charge is -2.18. The first kappa shape index (κ1) is 16.2. The number of rotatable bonds is 6. The highest BCUT2D eigenvalue weighted by atomic mass is 19.1. The number of nitrogens with one attached hydrogen (secondary N) is 1. The molecule has 1 saturated carbocycles. The van der Waals surface area contributed by atoms with Gasteiger partial charge in [-0.25, -0.2) is 9.37 Å². The molecule has 0 bridgehead atoms. The zero-order chi connectivity index (χ0) is 17.1. The number of ether oxygens (including phenoxy) is 1. The largest absolute Gasteiger partial charge is 0.494 e. The van der Waals surface area contributed by atoms with Gasteiger partial charge in [0.25, 0.3) is 5.91 Å². The van der Waals surface area contributed by atoms with Crippen LogP contribution in [0.25, 0.3) is 0 Å². The third-order valence-electron chi connectivity index (χ3n) is 3.92. The van der Waals surface area contributed by atoms with Crippen LogP contribution in [-0.2, 0) is 6.54 Å². The summed E-state index contributed by atoms with van der Waals surface area (Å²) in [6, 6.07) is 8.77. The SMILES string of the molecule is COc1ccc(CN(C)C(=O)c2ccc(NC3CC3)nc2)cc1F. The van der Waals surface area contributed by atoms with Crippen molar-refractivity contribution < 1.29 is 13.9 Å². The predicted molar refractivity (Wildman–Crippen MR) is 89.6 cm³/mol. The van der Waals surface area contributed by atoms with E-state index in [0.717, 1.165) is 5.82 Å². The fourth-order valence-electron chi connectivity index (χ4n) is 2.42. The molecule has 1 N–H and O–H groups in total. The van der Waals surface area contributed by atoms with E-state index < -0.39 is 5.82 Å². The fraction of sp³-hybridized carbons (Fsp3) is 0.333. The van der Waals surface area contributed by atoms with Gasteiger partial charge in [0.1, 0.15) is 5.82 Å². The van der Waals surface area contributed by atoms with Crippen molar-refractivity contribution >= 4 is 11.7 Å². The number of aromatic nitrogens is 1. The van der Waals surface area contributed by atoms with Gasteiger partial charge < -0.3 is 15.0 Å². The Morgan fingerprint density at radius 1 is 1.38 bits per heavy atom. The smallest absolute Gasteiger partial charge is 0.255 e. The summed E-state index contributed by atoms with van der Waals surface area (Å²) in [4.78, 5) is 18.3. The Balaban J connectivity index is 1.64. The topological polar surface area (TPSA) is 54.5 Å². The molecule has 1 aliphatic carbocycles. The van der Waals surface area contributed by atoms with Crippen molar-refractivity contribution in [3.05, 3.63) is 53.5 Å². The molecule has 0 spiro atoms. The minimum absolute atomic E-state index is 0.156. The van der Waals surface area contributed by atoms with Crippen molar-refractivity contribution in [1.29, 1.82) is 0 Å². The number of methoxy groups -OCH3 is 1. The van der Waals surface area contributed by atoms with E-state index in [1.165, 1.54) is 30.9 Å². The third kappa shape index (κ3) is 3.82. The summed E-state index contributed by atoms with van der Waals surface area (Å²) in [6.07, 6.45) is 3.91. The monoisotopic (exact) mass is 329 g/mol. The minimum Gasteiger partial charge on any atom is -0.494 e. The van der Waals surface area contributed by atoms with Crippen molar-refractivity contribution in [2.24, 2.45) is 0 Å². The first-order valence-corrected chi connectivity index (χ1v) is 7.87. The molecule has 24 heavy (non-hydrogen) atoms. The molecule has 0 atom stereocenters. The predicted octanol–water partition coefficient (Wildman–Crippen LogP) is 3.08. The molecular weight excluding hydrogens is 309 g/mol. The van der Waals surface area contributed by atoms with Crippen LogP contribution in [0, 0.1) is 5.82 Å². The van der Waals surface area contributed by atoms with Gasteiger partial charge in [-0.2, -0.15) is 0 Å². The van der Waals surface area contributed by atoms with E-state index in [0.29, 0.717) is 23.7 Å². The number of hydrogen-bond donors (Lipinski definition) is 1. The van der Waals surface area contributed by atoms with Crippen LogP contribution in [0.15, 0.2) is 36.5 Å². The molecule has 0 aliphatic heterocycles. The summed E-state index contributed by atoms with van der Waals surface area (Å²) >= 11 is 0. The molecule has 0 radical (unpaired) electrons. The molecule has 0 unspecified atom stereocenters. The highest BCUT2D eigenvalue weighted by Gasteiger charge is 2.21. The molecule has 1 amide bonds. The number of amides is 1. The fourth-order valence-corrected chi connectivity index (χ4v) is 2.42. The van der Waals surface area contributed by atoms with E-state index in [9.17, 15) is 9.18 Å². The van der Waals surface area contributed by atoms with Gasteiger partial charge in [-0.3, -0.25) is 4.79 Å². The van der Waals surface area contributed by atoms with Crippen molar-refractivity contribution in [2.75, 3.05) is 19.5 Å². The van der Waals surface area contributed by atoms with Gasteiger partial charge in [-0.05, 0) is 42.7 Å². The van der Waals surface area contributed by atoms with Gasteiger partial charge in [0, 0.05) is 25.8 Å². The van der Waals surface area contributed by atoms with Gasteiger partial charge >= 0.3 is 0 Å². The number of benzene rings is 1. The van der Waals surface area contributed by atoms with Crippen molar-refractivity contribution in [2.45, 2.75) is 25.4 Å². The highest BCUT2D eigenvalue weighted by molar-refractivity contribution is 5.93. The molecule has 1 heterocycles. The lowest BCUT2D eigenvalue weighted by atomic mass is 10.2. The zero-order valence-corrected chi connectivity index (χ0v) is 13.8. The van der Waals surface area contributed by atoms with Gasteiger partial charge in [0.2, 0.25) is 0 Å². The standard InChI is InChI=1S/C18H20FN3O2/c1-22(11-12-3-7-16(24-2)15(19)9-12)18(23)13-4-8-17(20-10-13)21-14-5-6-14/h3-4,7-10,14H,5-6,11H2,1-2H3,(H,20,21). The van der Waals surface area contributed by atoms with E-state index in [4.69, 9.17) is 4.74 Å². The molecular formula is C18H20FN3O2. The van der Waals surface area contributed by atoms with Gasteiger partial charge in [-0.15, -0.1) is 0 Å². The molecule has 1 aromatic carbocycles. The summed E-state index contributed by atoms with van der Waals surface area (Å²) in [5.41, 5.74) is 1.21. The summed E-state index contributed by atoms with van der Waals surface area (Å²) in [7, 11) is 3.10. The summed E-state index contributed by atoms with van der Waals surface area (Å²) < 4.78 is 18.6. The third-order valence-corrected chi connectivity index (χ3v) is 3.92. The normalized spacial score (nSPS) is 13.5. The Hall–Kier alpha value is -2.63. The maximum absolute atomic E-state index is 13.7. The molecule has 1 fully saturated rings. The summed E-state index contributed by atoms with van der Waals surface area (Å²) in [5.74, 6) is 0.384. The minimum atomic E-state index is -0.437. The molecule has 3 rings (SSSR count). The first-order valence-electron chi connectivity index (χ1n) is 7.87. The van der Waals surface area contributed by atoms with Crippen LogP contribution in [0.2, 0.25) is 0 Å². The molecule has 1 aliphatic rings. The van der Waals surface area contributed by atoms with Gasteiger partial charge in [-0.1, -0.05) is 6.07 Å². The highest BCUT2D eigenvalue weighted by Crippen LogP contribution is 2.23. The Labute approximate surface area is 140 Å². The molecule has 1 aromatic heterocycles. The second kappa shape index (κ2) is 6.86. The van der Waals surface area contributed by atoms with Crippen LogP contribution in [0.1, 0.15) is 28.8 Å². The van der Waals surface area contributed by atoms with Crippen molar-refractivity contribution in [3.8, 4) is 5.75 Å². The van der Waals surface area contributed by atoms with E-state index in [2.05, 4.69) is 10.3 Å².